The molecule has 0 radical (unpaired) electrons. The van der Waals surface area contributed by atoms with Crippen LogP contribution in [0.2, 0.25) is 5.02 Å². The van der Waals surface area contributed by atoms with Crippen molar-refractivity contribution in [2.45, 2.75) is 30.7 Å². The molecule has 5 nitrogen and oxygen atoms in total. The van der Waals surface area contributed by atoms with Gasteiger partial charge in [0.05, 0.1) is 4.90 Å². The Morgan fingerprint density at radius 2 is 2.00 bits per heavy atom. The molecule has 2 atom stereocenters. The zero-order valence-electron chi connectivity index (χ0n) is 12.4. The molecule has 3 fully saturated rings. The van der Waals surface area contributed by atoms with Crippen LogP contribution in [0.15, 0.2) is 29.2 Å². The Kier molecular flexibility index (Phi) is 4.18. The van der Waals surface area contributed by atoms with Crippen LogP contribution in [-0.4, -0.2) is 49.2 Å². The van der Waals surface area contributed by atoms with Gasteiger partial charge in [0.2, 0.25) is 15.9 Å². The molecule has 0 aromatic heterocycles. The van der Waals surface area contributed by atoms with Crippen LogP contribution in [-0.2, 0) is 14.8 Å². The van der Waals surface area contributed by atoms with E-state index in [1.807, 2.05) is 0 Å². The van der Waals surface area contributed by atoms with Crippen LogP contribution in [0.1, 0.15) is 19.8 Å². The number of sulfonamides is 1. The standard InChI is InChI=1S/C15H19ClN2O3S/c1-11(19)17-8-12-5-6-14(10-17)18(9-12)22(20,21)15-4-2-3-13(16)7-15/h2-4,7,12,14H,5-6,8-10H2,1H3/t12-,14+/m1/s1. The van der Waals surface area contributed by atoms with Gasteiger partial charge in [-0.1, -0.05) is 17.7 Å². The first-order valence-corrected chi connectivity index (χ1v) is 9.22. The lowest BCUT2D eigenvalue weighted by Gasteiger charge is -2.34. The minimum atomic E-state index is -3.58. The molecule has 7 heteroatoms. The van der Waals surface area contributed by atoms with E-state index in [-0.39, 0.29) is 22.8 Å². The summed E-state index contributed by atoms with van der Waals surface area (Å²) in [5.74, 6) is 0.218. The van der Waals surface area contributed by atoms with Crippen molar-refractivity contribution < 1.29 is 13.2 Å². The predicted molar refractivity (Wildman–Crippen MR) is 84.1 cm³/mol. The number of fused-ring (bicyclic) bond motifs is 4. The molecule has 1 amide bonds. The summed E-state index contributed by atoms with van der Waals surface area (Å²) in [5.41, 5.74) is 0. The summed E-state index contributed by atoms with van der Waals surface area (Å²) >= 11 is 5.93. The highest BCUT2D eigenvalue weighted by Gasteiger charge is 2.41. The van der Waals surface area contributed by atoms with Crippen molar-refractivity contribution in [3.8, 4) is 0 Å². The van der Waals surface area contributed by atoms with Gasteiger partial charge in [-0.2, -0.15) is 4.31 Å². The number of halogens is 1. The smallest absolute Gasteiger partial charge is 0.243 e. The lowest BCUT2D eigenvalue weighted by atomic mass is 9.97. The highest BCUT2D eigenvalue weighted by atomic mass is 35.5. The Balaban J connectivity index is 1.93. The van der Waals surface area contributed by atoms with Gasteiger partial charge in [0.1, 0.15) is 0 Å². The van der Waals surface area contributed by atoms with E-state index in [4.69, 9.17) is 11.6 Å². The quantitative estimate of drug-likeness (QED) is 0.825. The number of hydrogen-bond acceptors (Lipinski definition) is 3. The lowest BCUT2D eigenvalue weighted by molar-refractivity contribution is -0.129. The first kappa shape index (κ1) is 15.8. The monoisotopic (exact) mass is 342 g/mol. The number of piperidine rings is 1. The van der Waals surface area contributed by atoms with Gasteiger partial charge in [-0.3, -0.25) is 4.79 Å². The zero-order valence-corrected chi connectivity index (χ0v) is 14.0. The van der Waals surface area contributed by atoms with E-state index in [0.717, 1.165) is 12.8 Å². The topological polar surface area (TPSA) is 57.7 Å². The second-order valence-electron chi connectivity index (χ2n) is 6.05. The molecule has 0 aliphatic carbocycles. The van der Waals surface area contributed by atoms with E-state index in [1.54, 1.807) is 34.3 Å². The number of carbonyl (C=O) groups is 1. The molecule has 120 valence electrons. The number of benzene rings is 1. The molecule has 22 heavy (non-hydrogen) atoms. The third kappa shape index (κ3) is 2.87. The van der Waals surface area contributed by atoms with E-state index in [1.165, 1.54) is 6.07 Å². The Morgan fingerprint density at radius 3 is 2.68 bits per heavy atom. The summed E-state index contributed by atoms with van der Waals surface area (Å²) in [6.07, 6.45) is 1.77. The van der Waals surface area contributed by atoms with Gasteiger partial charge in [-0.05, 0) is 37.0 Å². The highest BCUT2D eigenvalue weighted by molar-refractivity contribution is 7.89. The molecular formula is C15H19ClN2O3S. The Morgan fingerprint density at radius 1 is 1.23 bits per heavy atom. The number of hydrogen-bond donors (Lipinski definition) is 0. The molecule has 0 spiro atoms. The van der Waals surface area contributed by atoms with Gasteiger partial charge >= 0.3 is 0 Å². The normalized spacial score (nSPS) is 26.0. The van der Waals surface area contributed by atoms with E-state index in [0.29, 0.717) is 24.7 Å². The van der Waals surface area contributed by atoms with Crippen LogP contribution in [0.5, 0.6) is 0 Å². The minimum absolute atomic E-state index is 0.0129. The van der Waals surface area contributed by atoms with Crippen LogP contribution in [0.4, 0.5) is 0 Å². The fraction of sp³-hybridized carbons (Fsp3) is 0.533. The van der Waals surface area contributed by atoms with Gasteiger partial charge in [0, 0.05) is 37.6 Å². The Bertz CT molecular complexity index is 692. The summed E-state index contributed by atoms with van der Waals surface area (Å²) in [6, 6.07) is 6.21. The summed E-state index contributed by atoms with van der Waals surface area (Å²) in [4.78, 5) is 13.7. The summed E-state index contributed by atoms with van der Waals surface area (Å²) in [5, 5.41) is 0.409. The average molecular weight is 343 g/mol. The molecule has 2 bridgehead atoms. The second-order valence-corrected chi connectivity index (χ2v) is 8.38. The molecule has 3 aliphatic heterocycles. The maximum Gasteiger partial charge on any atom is 0.243 e. The third-order valence-corrected chi connectivity index (χ3v) is 6.66. The molecule has 3 saturated heterocycles. The van der Waals surface area contributed by atoms with Crippen molar-refractivity contribution in [2.24, 2.45) is 5.92 Å². The molecule has 4 rings (SSSR count). The molecule has 0 saturated carbocycles. The van der Waals surface area contributed by atoms with Gasteiger partial charge in [0.15, 0.2) is 0 Å². The summed E-state index contributed by atoms with van der Waals surface area (Å²) in [7, 11) is -3.58. The molecule has 1 aromatic rings. The molecule has 3 heterocycles. The lowest BCUT2D eigenvalue weighted by Crippen LogP contribution is -2.47. The predicted octanol–water partition coefficient (Wildman–Crippen LogP) is 1.97. The van der Waals surface area contributed by atoms with Crippen molar-refractivity contribution in [1.82, 2.24) is 9.21 Å². The molecule has 1 aromatic carbocycles. The SMILES string of the molecule is CC(=O)N1C[C@H]2CC[C@@H](C1)N(S(=O)(=O)c1cccc(Cl)c1)C2. The Labute approximate surface area is 135 Å². The number of amides is 1. The van der Waals surface area contributed by atoms with E-state index < -0.39 is 10.0 Å². The van der Waals surface area contributed by atoms with Crippen molar-refractivity contribution in [3.05, 3.63) is 29.3 Å². The number of rotatable bonds is 2. The van der Waals surface area contributed by atoms with E-state index >= 15 is 0 Å². The first-order chi connectivity index (χ1) is 10.4. The van der Waals surface area contributed by atoms with Gasteiger partial charge in [-0.15, -0.1) is 0 Å². The second kappa shape index (κ2) is 5.83. The van der Waals surface area contributed by atoms with Crippen LogP contribution in [0, 0.1) is 5.92 Å². The largest absolute Gasteiger partial charge is 0.341 e. The maximum absolute atomic E-state index is 12.9. The highest BCUT2D eigenvalue weighted by Crippen LogP contribution is 2.32. The van der Waals surface area contributed by atoms with Crippen molar-refractivity contribution in [1.29, 1.82) is 0 Å². The van der Waals surface area contributed by atoms with E-state index in [2.05, 4.69) is 0 Å². The average Bonchev–Trinajstić information content (AvgIpc) is 2.79. The van der Waals surface area contributed by atoms with Crippen LogP contribution >= 0.6 is 11.6 Å². The van der Waals surface area contributed by atoms with Crippen LogP contribution in [0.3, 0.4) is 0 Å². The summed E-state index contributed by atoms with van der Waals surface area (Å²) < 4.78 is 27.4. The number of nitrogens with zero attached hydrogens (tertiary/aromatic N) is 2. The third-order valence-electron chi connectivity index (χ3n) is 4.51. The fourth-order valence-electron chi connectivity index (χ4n) is 3.35. The Hall–Kier alpha value is -1.11. The van der Waals surface area contributed by atoms with Gasteiger partial charge < -0.3 is 4.90 Å². The van der Waals surface area contributed by atoms with Gasteiger partial charge in [0.25, 0.3) is 0 Å². The fourth-order valence-corrected chi connectivity index (χ4v) is 5.38. The van der Waals surface area contributed by atoms with E-state index in [9.17, 15) is 13.2 Å². The first-order valence-electron chi connectivity index (χ1n) is 7.41. The van der Waals surface area contributed by atoms with Crippen LogP contribution < -0.4 is 0 Å². The van der Waals surface area contributed by atoms with Gasteiger partial charge in [-0.25, -0.2) is 8.42 Å². The maximum atomic E-state index is 12.9. The molecule has 0 unspecified atom stereocenters. The molecular weight excluding hydrogens is 324 g/mol. The minimum Gasteiger partial charge on any atom is -0.341 e. The van der Waals surface area contributed by atoms with Crippen molar-refractivity contribution in [3.63, 3.8) is 0 Å². The molecule has 0 N–H and O–H groups in total. The van der Waals surface area contributed by atoms with Crippen molar-refractivity contribution >= 4 is 27.5 Å². The molecule has 3 aliphatic rings. The number of carbonyl (C=O) groups excluding carboxylic acids is 1. The van der Waals surface area contributed by atoms with Crippen LogP contribution in [0.25, 0.3) is 0 Å². The zero-order chi connectivity index (χ0) is 15.9. The van der Waals surface area contributed by atoms with Crippen molar-refractivity contribution in [2.75, 3.05) is 19.6 Å². The summed E-state index contributed by atoms with van der Waals surface area (Å²) in [6.45, 7) is 3.14.